The SMILES string of the molecule is CC(C)(C)c1cc(-c2cc(-c3ccccn3)cc(-c3nccc4c3nc(-c3ccccc3O)n4-c3ccccc3)c2)cc(C(C)(C)C)c1. The van der Waals surface area contributed by atoms with Crippen LogP contribution in [0.15, 0.2) is 128 Å². The van der Waals surface area contributed by atoms with Crippen molar-refractivity contribution in [1.29, 1.82) is 0 Å². The van der Waals surface area contributed by atoms with Crippen LogP contribution in [0.1, 0.15) is 52.7 Å². The molecule has 0 fully saturated rings. The molecular formula is C43H40N4O. The number of imidazole rings is 1. The molecule has 0 aliphatic carbocycles. The Balaban J connectivity index is 1.52. The van der Waals surface area contributed by atoms with Crippen molar-refractivity contribution in [2.24, 2.45) is 0 Å². The first-order chi connectivity index (χ1) is 23.0. The van der Waals surface area contributed by atoms with Gasteiger partial charge in [-0.25, -0.2) is 4.98 Å². The maximum atomic E-state index is 11.0. The first kappa shape index (κ1) is 31.1. The molecule has 0 spiro atoms. The second kappa shape index (κ2) is 11.9. The van der Waals surface area contributed by atoms with Crippen LogP contribution in [0.4, 0.5) is 0 Å². The molecule has 7 aromatic rings. The fourth-order valence-corrected chi connectivity index (χ4v) is 6.17. The van der Waals surface area contributed by atoms with Gasteiger partial charge in [0.1, 0.15) is 17.1 Å². The van der Waals surface area contributed by atoms with Crippen molar-refractivity contribution in [3.63, 3.8) is 0 Å². The molecule has 0 aliphatic rings. The molecule has 238 valence electrons. The van der Waals surface area contributed by atoms with E-state index < -0.39 is 0 Å². The summed E-state index contributed by atoms with van der Waals surface area (Å²) >= 11 is 0. The third-order valence-electron chi connectivity index (χ3n) is 8.90. The lowest BCUT2D eigenvalue weighted by Gasteiger charge is -2.26. The zero-order valence-electron chi connectivity index (χ0n) is 28.4. The van der Waals surface area contributed by atoms with Crippen molar-refractivity contribution < 1.29 is 5.11 Å². The molecule has 0 bridgehead atoms. The number of fused-ring (bicyclic) bond motifs is 1. The minimum absolute atomic E-state index is 0.0196. The Bertz CT molecular complexity index is 2220. The molecule has 3 heterocycles. The number of phenols is 1. The molecule has 0 unspecified atom stereocenters. The molecule has 0 aliphatic heterocycles. The van der Waals surface area contributed by atoms with E-state index >= 15 is 0 Å². The van der Waals surface area contributed by atoms with Crippen LogP contribution in [0.3, 0.4) is 0 Å². The lowest BCUT2D eigenvalue weighted by Crippen LogP contribution is -2.16. The number of phenolic OH excluding ortho intramolecular Hbond substituents is 1. The Morgan fingerprint density at radius 3 is 1.85 bits per heavy atom. The van der Waals surface area contributed by atoms with Crippen LogP contribution in [-0.2, 0) is 10.8 Å². The molecule has 3 aromatic heterocycles. The summed E-state index contributed by atoms with van der Waals surface area (Å²) in [4.78, 5) is 14.9. The van der Waals surface area contributed by atoms with E-state index in [2.05, 4.69) is 94.6 Å². The van der Waals surface area contributed by atoms with Gasteiger partial charge in [0.15, 0.2) is 0 Å². The van der Waals surface area contributed by atoms with Crippen molar-refractivity contribution >= 4 is 11.0 Å². The number of hydrogen-bond acceptors (Lipinski definition) is 4. The first-order valence-electron chi connectivity index (χ1n) is 16.4. The van der Waals surface area contributed by atoms with E-state index in [4.69, 9.17) is 15.0 Å². The summed E-state index contributed by atoms with van der Waals surface area (Å²) in [5, 5.41) is 11.0. The van der Waals surface area contributed by atoms with E-state index in [1.807, 2.05) is 73.1 Å². The molecule has 0 amide bonds. The summed E-state index contributed by atoms with van der Waals surface area (Å²) in [6.45, 7) is 13.6. The molecular weight excluding hydrogens is 589 g/mol. The first-order valence-corrected chi connectivity index (χ1v) is 16.4. The number of benzene rings is 4. The molecule has 1 N–H and O–H groups in total. The number of rotatable bonds is 5. The number of nitrogens with zero attached hydrogens (tertiary/aromatic N) is 4. The van der Waals surface area contributed by atoms with Crippen molar-refractivity contribution in [2.45, 2.75) is 52.4 Å². The van der Waals surface area contributed by atoms with Gasteiger partial charge in [-0.05, 0) is 93.7 Å². The topological polar surface area (TPSA) is 63.8 Å². The Hall–Kier alpha value is -5.55. The van der Waals surface area contributed by atoms with Crippen molar-refractivity contribution in [3.05, 3.63) is 139 Å². The van der Waals surface area contributed by atoms with Crippen molar-refractivity contribution in [1.82, 2.24) is 19.5 Å². The molecule has 48 heavy (non-hydrogen) atoms. The molecule has 4 aromatic carbocycles. The lowest BCUT2D eigenvalue weighted by atomic mass is 9.78. The average molecular weight is 629 g/mol. The summed E-state index contributed by atoms with van der Waals surface area (Å²) in [6.07, 6.45) is 3.68. The van der Waals surface area contributed by atoms with E-state index in [9.17, 15) is 5.11 Å². The highest BCUT2D eigenvalue weighted by molar-refractivity contribution is 5.95. The van der Waals surface area contributed by atoms with Crippen LogP contribution in [-0.4, -0.2) is 24.6 Å². The standard InChI is InChI=1S/C43H40N4O/c1-42(2,3)32-25-29(26-33(27-32)43(4,5)6)28-22-30(36-17-12-13-20-44-36)24-31(23-28)39-40-37(19-21-45-39)47(34-14-8-7-9-15-34)41(46-40)35-16-10-11-18-38(35)48/h7-27,48H,1-6H3. The molecule has 0 radical (unpaired) electrons. The van der Waals surface area contributed by atoms with Crippen LogP contribution >= 0.6 is 0 Å². The Morgan fingerprint density at radius 1 is 0.562 bits per heavy atom. The van der Waals surface area contributed by atoms with Crippen LogP contribution in [0.2, 0.25) is 0 Å². The minimum Gasteiger partial charge on any atom is -0.507 e. The van der Waals surface area contributed by atoms with E-state index in [1.54, 1.807) is 6.07 Å². The van der Waals surface area contributed by atoms with Gasteiger partial charge in [-0.15, -0.1) is 0 Å². The highest BCUT2D eigenvalue weighted by Crippen LogP contribution is 2.40. The molecule has 7 rings (SSSR count). The fraction of sp³-hybridized carbons (Fsp3) is 0.186. The maximum absolute atomic E-state index is 11.0. The number of hydrogen-bond donors (Lipinski definition) is 1. The zero-order valence-corrected chi connectivity index (χ0v) is 28.4. The summed E-state index contributed by atoms with van der Waals surface area (Å²) < 4.78 is 2.10. The number of aromatic nitrogens is 4. The predicted molar refractivity (Wildman–Crippen MR) is 197 cm³/mol. The summed E-state index contributed by atoms with van der Waals surface area (Å²) in [7, 11) is 0. The van der Waals surface area contributed by atoms with Crippen LogP contribution in [0.25, 0.3) is 61.8 Å². The van der Waals surface area contributed by atoms with E-state index in [-0.39, 0.29) is 16.6 Å². The smallest absolute Gasteiger partial charge is 0.149 e. The van der Waals surface area contributed by atoms with Crippen LogP contribution in [0.5, 0.6) is 5.75 Å². The van der Waals surface area contributed by atoms with E-state index in [0.29, 0.717) is 11.4 Å². The third-order valence-corrected chi connectivity index (χ3v) is 8.90. The Morgan fingerprint density at radius 2 is 1.19 bits per heavy atom. The normalized spacial score (nSPS) is 12.0. The average Bonchev–Trinajstić information content (AvgIpc) is 3.48. The van der Waals surface area contributed by atoms with Crippen LogP contribution < -0.4 is 0 Å². The summed E-state index contributed by atoms with van der Waals surface area (Å²) in [5.41, 5.74) is 11.7. The van der Waals surface area contributed by atoms with Crippen molar-refractivity contribution in [3.8, 4) is 56.5 Å². The summed E-state index contributed by atoms with van der Waals surface area (Å²) in [6, 6.07) is 39.1. The largest absolute Gasteiger partial charge is 0.507 e. The molecule has 5 heteroatoms. The van der Waals surface area contributed by atoms with Gasteiger partial charge in [-0.3, -0.25) is 14.5 Å². The maximum Gasteiger partial charge on any atom is 0.149 e. The van der Waals surface area contributed by atoms with Gasteiger partial charge in [-0.1, -0.05) is 96.1 Å². The molecule has 5 nitrogen and oxygen atoms in total. The monoisotopic (exact) mass is 628 g/mol. The van der Waals surface area contributed by atoms with Crippen molar-refractivity contribution in [2.75, 3.05) is 0 Å². The Labute approximate surface area is 282 Å². The molecule has 0 saturated carbocycles. The van der Waals surface area contributed by atoms with Crippen LogP contribution in [0, 0.1) is 0 Å². The predicted octanol–water partition coefficient (Wildman–Crippen LogP) is 10.8. The van der Waals surface area contributed by atoms with E-state index in [0.717, 1.165) is 50.4 Å². The van der Waals surface area contributed by atoms with Gasteiger partial charge in [0, 0.05) is 29.2 Å². The lowest BCUT2D eigenvalue weighted by molar-refractivity contribution is 0.477. The zero-order chi connectivity index (χ0) is 33.6. The highest BCUT2D eigenvalue weighted by Gasteiger charge is 2.23. The second-order valence-corrected chi connectivity index (χ2v) is 14.5. The van der Waals surface area contributed by atoms with Gasteiger partial charge in [0.2, 0.25) is 0 Å². The second-order valence-electron chi connectivity index (χ2n) is 14.5. The highest BCUT2D eigenvalue weighted by atomic mass is 16.3. The van der Waals surface area contributed by atoms with Gasteiger partial charge < -0.3 is 5.11 Å². The molecule has 0 atom stereocenters. The van der Waals surface area contributed by atoms with Gasteiger partial charge >= 0.3 is 0 Å². The third kappa shape index (κ3) is 5.88. The minimum atomic E-state index is -0.0196. The van der Waals surface area contributed by atoms with Gasteiger partial charge in [0.25, 0.3) is 0 Å². The summed E-state index contributed by atoms with van der Waals surface area (Å²) in [5.74, 6) is 0.824. The number of aromatic hydroxyl groups is 1. The Kier molecular flexibility index (Phi) is 7.71. The quantitative estimate of drug-likeness (QED) is 0.206. The number of para-hydroxylation sites is 2. The molecule has 0 saturated heterocycles. The number of pyridine rings is 2. The fourth-order valence-electron chi connectivity index (χ4n) is 6.17. The van der Waals surface area contributed by atoms with Gasteiger partial charge in [-0.2, -0.15) is 0 Å². The van der Waals surface area contributed by atoms with Gasteiger partial charge in [0.05, 0.1) is 22.5 Å². The van der Waals surface area contributed by atoms with E-state index in [1.165, 1.54) is 11.1 Å².